The third-order valence-electron chi connectivity index (χ3n) is 9.00. The van der Waals surface area contributed by atoms with E-state index in [2.05, 4.69) is 60.7 Å². The van der Waals surface area contributed by atoms with Crippen LogP contribution < -0.4 is 0 Å². The molecule has 0 atom stereocenters. The monoisotopic (exact) mass is 616 g/mol. The van der Waals surface area contributed by atoms with Crippen molar-refractivity contribution in [3.63, 3.8) is 0 Å². The van der Waals surface area contributed by atoms with Gasteiger partial charge in [-0.2, -0.15) is 0 Å². The van der Waals surface area contributed by atoms with E-state index in [1.807, 2.05) is 78.9 Å². The molecule has 0 aliphatic carbocycles. The Kier molecular flexibility index (Phi) is 5.77. The van der Waals surface area contributed by atoms with Gasteiger partial charge in [-0.25, -0.2) is 15.0 Å². The Balaban J connectivity index is 1.17. The van der Waals surface area contributed by atoms with Crippen molar-refractivity contribution in [2.24, 2.45) is 0 Å². The summed E-state index contributed by atoms with van der Waals surface area (Å²) in [5, 5.41) is 6.29. The maximum absolute atomic E-state index is 6.21. The Hall–Kier alpha value is -6.66. The van der Waals surface area contributed by atoms with Gasteiger partial charge in [0.25, 0.3) is 0 Å². The summed E-state index contributed by atoms with van der Waals surface area (Å²) in [6, 6.07) is 47.1. The molecule has 10 aromatic rings. The highest BCUT2D eigenvalue weighted by atomic mass is 16.3. The Morgan fingerprint density at radius 1 is 0.396 bits per heavy atom. The van der Waals surface area contributed by atoms with Crippen LogP contribution in [0.1, 0.15) is 0 Å². The van der Waals surface area contributed by atoms with Crippen molar-refractivity contribution in [3.8, 4) is 45.4 Å². The smallest absolute Gasteiger partial charge is 0.183 e. The van der Waals surface area contributed by atoms with Crippen LogP contribution in [0.3, 0.4) is 0 Å². The Morgan fingerprint density at radius 2 is 1.02 bits per heavy atom. The number of benzene rings is 6. The summed E-state index contributed by atoms with van der Waals surface area (Å²) in [5.74, 6) is 1.64. The van der Waals surface area contributed by atoms with Gasteiger partial charge in [0, 0.05) is 33.5 Å². The minimum atomic E-state index is 0.489. The number of aromatic nitrogens is 4. The van der Waals surface area contributed by atoms with Crippen LogP contribution in [-0.2, 0) is 0 Å². The van der Waals surface area contributed by atoms with E-state index in [-0.39, 0.29) is 0 Å². The van der Waals surface area contributed by atoms with Gasteiger partial charge in [-0.05, 0) is 52.2 Å². The minimum Gasteiger partial charge on any atom is -0.456 e. The number of rotatable bonds is 4. The minimum absolute atomic E-state index is 0.489. The number of pyridine rings is 1. The molecule has 0 radical (unpaired) electrons. The first-order valence-corrected chi connectivity index (χ1v) is 15.8. The van der Waals surface area contributed by atoms with Crippen molar-refractivity contribution >= 4 is 54.6 Å². The maximum atomic E-state index is 6.21. The molecular weight excluding hydrogens is 592 g/mol. The molecule has 6 aromatic carbocycles. The molecule has 48 heavy (non-hydrogen) atoms. The lowest BCUT2D eigenvalue weighted by atomic mass is 9.94. The van der Waals surface area contributed by atoms with Crippen LogP contribution in [0.4, 0.5) is 0 Å². The van der Waals surface area contributed by atoms with E-state index >= 15 is 0 Å². The molecule has 0 unspecified atom stereocenters. The van der Waals surface area contributed by atoms with Gasteiger partial charge in [0.2, 0.25) is 0 Å². The second kappa shape index (κ2) is 10.4. The highest BCUT2D eigenvalue weighted by molar-refractivity contribution is 6.15. The number of hydrogen-bond donors (Lipinski definition) is 0. The van der Waals surface area contributed by atoms with E-state index in [9.17, 15) is 0 Å². The van der Waals surface area contributed by atoms with Gasteiger partial charge in [-0.1, -0.05) is 109 Å². The normalized spacial score (nSPS) is 11.8. The summed E-state index contributed by atoms with van der Waals surface area (Å²) in [4.78, 5) is 19.8. The lowest BCUT2D eigenvalue weighted by Gasteiger charge is -2.11. The average molecular weight is 617 g/mol. The zero-order valence-corrected chi connectivity index (χ0v) is 25.5. The van der Waals surface area contributed by atoms with Gasteiger partial charge < -0.3 is 8.83 Å². The topological polar surface area (TPSA) is 77.8 Å². The first-order chi connectivity index (χ1) is 23.8. The summed E-state index contributed by atoms with van der Waals surface area (Å²) in [5.41, 5.74) is 8.01. The lowest BCUT2D eigenvalue weighted by molar-refractivity contribution is 0.668. The molecule has 0 bridgehead atoms. The van der Waals surface area contributed by atoms with Crippen molar-refractivity contribution in [2.75, 3.05) is 0 Å². The van der Waals surface area contributed by atoms with E-state index in [1.54, 1.807) is 6.20 Å². The molecule has 0 aliphatic heterocycles. The molecule has 4 heterocycles. The van der Waals surface area contributed by atoms with E-state index in [0.29, 0.717) is 23.2 Å². The van der Waals surface area contributed by atoms with Crippen LogP contribution in [0, 0.1) is 0 Å². The number of para-hydroxylation sites is 2. The van der Waals surface area contributed by atoms with Crippen LogP contribution in [0.25, 0.3) is 100 Å². The van der Waals surface area contributed by atoms with Crippen molar-refractivity contribution in [2.45, 2.75) is 0 Å². The molecule has 6 nitrogen and oxygen atoms in total. The van der Waals surface area contributed by atoms with Gasteiger partial charge in [0.05, 0.1) is 5.39 Å². The van der Waals surface area contributed by atoms with Gasteiger partial charge in [0.1, 0.15) is 28.0 Å². The van der Waals surface area contributed by atoms with Crippen LogP contribution in [0.5, 0.6) is 0 Å². The van der Waals surface area contributed by atoms with Crippen LogP contribution in [-0.4, -0.2) is 19.9 Å². The number of hydrogen-bond acceptors (Lipinski definition) is 6. The fourth-order valence-electron chi connectivity index (χ4n) is 6.82. The molecule has 0 saturated carbocycles. The van der Waals surface area contributed by atoms with Crippen LogP contribution in [0.15, 0.2) is 155 Å². The molecule has 0 spiro atoms. The highest BCUT2D eigenvalue weighted by Crippen LogP contribution is 2.40. The van der Waals surface area contributed by atoms with Crippen LogP contribution in [0.2, 0.25) is 0 Å². The molecule has 0 amide bonds. The van der Waals surface area contributed by atoms with Gasteiger partial charge in [-0.15, -0.1) is 0 Å². The number of fused-ring (bicyclic) bond motifs is 7. The first kappa shape index (κ1) is 26.5. The van der Waals surface area contributed by atoms with Gasteiger partial charge >= 0.3 is 0 Å². The van der Waals surface area contributed by atoms with Crippen molar-refractivity contribution < 1.29 is 8.83 Å². The van der Waals surface area contributed by atoms with E-state index in [0.717, 1.165) is 76.9 Å². The Bertz CT molecular complexity index is 2850. The van der Waals surface area contributed by atoms with E-state index in [1.165, 1.54) is 0 Å². The predicted octanol–water partition coefficient (Wildman–Crippen LogP) is 10.9. The van der Waals surface area contributed by atoms with Crippen molar-refractivity contribution in [1.82, 2.24) is 19.9 Å². The lowest BCUT2D eigenvalue weighted by Crippen LogP contribution is -2.01. The maximum Gasteiger partial charge on any atom is 0.183 e. The molecule has 4 aromatic heterocycles. The third kappa shape index (κ3) is 4.13. The summed E-state index contributed by atoms with van der Waals surface area (Å²) in [6.45, 7) is 0. The van der Waals surface area contributed by atoms with E-state index < -0.39 is 0 Å². The SMILES string of the molecule is c1ccc(-c2nc(-c3ccc4c(-c5cccc6oc7ccccc7c56)cccc4c3)nc(-c3nccc4oc5ccccc5c34)n2)cc1. The third-order valence-corrected chi connectivity index (χ3v) is 9.00. The summed E-state index contributed by atoms with van der Waals surface area (Å²) >= 11 is 0. The standard InChI is InChI=1S/C42H24N4O2/c1-2-10-25(11-3-1)40-44-41(46-42(45-40)39-38-32-14-5-7-18-34(32)48-36(38)22-23-43-39)27-20-21-28-26(24-27)12-8-15-29(28)30-16-9-19-35-37(30)31-13-4-6-17-33(31)47-35/h1-24H. The quantitative estimate of drug-likeness (QED) is 0.196. The molecular formula is C42H24N4O2. The van der Waals surface area contributed by atoms with E-state index in [4.69, 9.17) is 28.8 Å². The van der Waals surface area contributed by atoms with Gasteiger partial charge in [0.15, 0.2) is 17.5 Å². The fraction of sp³-hybridized carbons (Fsp3) is 0. The zero-order valence-electron chi connectivity index (χ0n) is 25.5. The number of furan rings is 2. The zero-order chi connectivity index (χ0) is 31.6. The van der Waals surface area contributed by atoms with Crippen molar-refractivity contribution in [1.29, 1.82) is 0 Å². The summed E-state index contributed by atoms with van der Waals surface area (Å²) in [7, 11) is 0. The largest absolute Gasteiger partial charge is 0.456 e. The second-order valence-corrected chi connectivity index (χ2v) is 11.8. The molecule has 224 valence electrons. The predicted molar refractivity (Wildman–Crippen MR) is 191 cm³/mol. The molecule has 0 saturated heterocycles. The van der Waals surface area contributed by atoms with Crippen LogP contribution >= 0.6 is 0 Å². The molecule has 0 aliphatic rings. The average Bonchev–Trinajstić information content (AvgIpc) is 3.73. The number of nitrogens with zero attached hydrogens (tertiary/aromatic N) is 4. The highest BCUT2D eigenvalue weighted by Gasteiger charge is 2.20. The molecule has 0 N–H and O–H groups in total. The molecule has 6 heteroatoms. The Labute approximate surface area is 274 Å². The van der Waals surface area contributed by atoms with Gasteiger partial charge in [-0.3, -0.25) is 4.98 Å². The summed E-state index contributed by atoms with van der Waals surface area (Å²) in [6.07, 6.45) is 1.74. The summed E-state index contributed by atoms with van der Waals surface area (Å²) < 4.78 is 12.4. The molecule has 10 rings (SSSR count). The fourth-order valence-corrected chi connectivity index (χ4v) is 6.82. The first-order valence-electron chi connectivity index (χ1n) is 15.8. The van der Waals surface area contributed by atoms with Crippen molar-refractivity contribution in [3.05, 3.63) is 146 Å². The molecule has 0 fully saturated rings. The Morgan fingerprint density at radius 3 is 1.83 bits per heavy atom. The second-order valence-electron chi connectivity index (χ2n) is 11.8.